The third-order valence-electron chi connectivity index (χ3n) is 4.24. The Bertz CT molecular complexity index is 405. The van der Waals surface area contributed by atoms with Gasteiger partial charge >= 0.3 is 0 Å². The van der Waals surface area contributed by atoms with Crippen LogP contribution in [0.2, 0.25) is 0 Å². The molecule has 0 atom stereocenters. The molecule has 0 amide bonds. The number of hydrogen-bond donors (Lipinski definition) is 2. The zero-order chi connectivity index (χ0) is 14.9. The van der Waals surface area contributed by atoms with Crippen LogP contribution >= 0.6 is 0 Å². The molecular weight excluding hydrogens is 262 g/mol. The fourth-order valence-corrected chi connectivity index (χ4v) is 3.12. The Balaban J connectivity index is 1.98. The summed E-state index contributed by atoms with van der Waals surface area (Å²) in [6.07, 6.45) is 9.51. The smallest absolute Gasteiger partial charge is 0.0564 e. The lowest BCUT2D eigenvalue weighted by atomic mass is 9.94. The van der Waals surface area contributed by atoms with Crippen LogP contribution in [0.15, 0.2) is 18.3 Å². The van der Waals surface area contributed by atoms with Gasteiger partial charge in [0.15, 0.2) is 0 Å². The highest BCUT2D eigenvalue weighted by Gasteiger charge is 2.21. The van der Waals surface area contributed by atoms with Crippen molar-refractivity contribution in [2.75, 3.05) is 25.0 Å². The molecule has 0 spiro atoms. The van der Waals surface area contributed by atoms with Crippen molar-refractivity contribution < 1.29 is 5.11 Å². The SMILES string of the molecule is CCCNc1ccnc(CN(CCO)C2CCCCC2)c1. The monoisotopic (exact) mass is 291 g/mol. The summed E-state index contributed by atoms with van der Waals surface area (Å²) in [5.74, 6) is 0. The molecule has 4 heteroatoms. The van der Waals surface area contributed by atoms with Gasteiger partial charge in [0.2, 0.25) is 0 Å². The first kappa shape index (κ1) is 16.2. The molecule has 1 aliphatic carbocycles. The normalized spacial score (nSPS) is 16.3. The molecule has 0 saturated heterocycles. The summed E-state index contributed by atoms with van der Waals surface area (Å²) in [7, 11) is 0. The van der Waals surface area contributed by atoms with E-state index >= 15 is 0 Å². The summed E-state index contributed by atoms with van der Waals surface area (Å²) in [4.78, 5) is 6.91. The van der Waals surface area contributed by atoms with Gasteiger partial charge in [0.1, 0.15) is 0 Å². The maximum Gasteiger partial charge on any atom is 0.0564 e. The molecule has 2 N–H and O–H groups in total. The van der Waals surface area contributed by atoms with Crippen molar-refractivity contribution in [1.82, 2.24) is 9.88 Å². The number of aliphatic hydroxyl groups is 1. The van der Waals surface area contributed by atoms with Crippen molar-refractivity contribution in [3.05, 3.63) is 24.0 Å². The predicted molar refractivity (Wildman–Crippen MR) is 87.4 cm³/mol. The first-order chi connectivity index (χ1) is 10.3. The number of nitrogens with zero attached hydrogens (tertiary/aromatic N) is 2. The topological polar surface area (TPSA) is 48.4 Å². The Labute approximate surface area is 128 Å². The van der Waals surface area contributed by atoms with E-state index in [9.17, 15) is 5.11 Å². The van der Waals surface area contributed by atoms with E-state index in [2.05, 4.69) is 28.2 Å². The van der Waals surface area contributed by atoms with Crippen LogP contribution in [-0.2, 0) is 6.54 Å². The number of anilines is 1. The molecule has 0 aromatic carbocycles. The predicted octanol–water partition coefficient (Wildman–Crippen LogP) is 3.03. The number of nitrogens with one attached hydrogen (secondary N) is 1. The maximum absolute atomic E-state index is 9.34. The fourth-order valence-electron chi connectivity index (χ4n) is 3.12. The Morgan fingerprint density at radius 1 is 1.33 bits per heavy atom. The van der Waals surface area contributed by atoms with Gasteiger partial charge in [-0.05, 0) is 31.4 Å². The van der Waals surface area contributed by atoms with E-state index in [0.29, 0.717) is 6.04 Å². The third-order valence-corrected chi connectivity index (χ3v) is 4.24. The molecule has 1 aromatic heterocycles. The Morgan fingerprint density at radius 2 is 2.14 bits per heavy atom. The number of aromatic nitrogens is 1. The van der Waals surface area contributed by atoms with E-state index in [-0.39, 0.29) is 6.61 Å². The lowest BCUT2D eigenvalue weighted by Gasteiger charge is -2.33. The Morgan fingerprint density at radius 3 is 2.86 bits per heavy atom. The van der Waals surface area contributed by atoms with Crippen LogP contribution in [0.4, 0.5) is 5.69 Å². The molecule has 118 valence electrons. The standard InChI is InChI=1S/C17H29N3O/c1-2-9-18-15-8-10-19-16(13-15)14-20(11-12-21)17-6-4-3-5-7-17/h8,10,13,17,21H,2-7,9,11-12,14H2,1H3,(H,18,19). The zero-order valence-electron chi connectivity index (χ0n) is 13.2. The van der Waals surface area contributed by atoms with E-state index < -0.39 is 0 Å². The summed E-state index contributed by atoms with van der Waals surface area (Å²) >= 11 is 0. The minimum atomic E-state index is 0.226. The molecule has 1 fully saturated rings. The molecule has 1 heterocycles. The van der Waals surface area contributed by atoms with Crippen molar-refractivity contribution in [1.29, 1.82) is 0 Å². The molecular formula is C17H29N3O. The second-order valence-corrected chi connectivity index (χ2v) is 5.95. The fraction of sp³-hybridized carbons (Fsp3) is 0.706. The van der Waals surface area contributed by atoms with Crippen LogP contribution in [0, 0.1) is 0 Å². The average Bonchev–Trinajstić information content (AvgIpc) is 2.54. The van der Waals surface area contributed by atoms with E-state index in [1.165, 1.54) is 32.1 Å². The number of hydrogen-bond acceptors (Lipinski definition) is 4. The van der Waals surface area contributed by atoms with Gasteiger partial charge in [0, 0.05) is 37.6 Å². The summed E-state index contributed by atoms with van der Waals surface area (Å²) in [5.41, 5.74) is 2.24. The average molecular weight is 291 g/mol. The molecule has 1 aliphatic rings. The second kappa shape index (κ2) is 9.00. The highest BCUT2D eigenvalue weighted by atomic mass is 16.3. The minimum Gasteiger partial charge on any atom is -0.395 e. The van der Waals surface area contributed by atoms with E-state index in [1.807, 2.05) is 12.3 Å². The first-order valence-electron chi connectivity index (χ1n) is 8.37. The molecule has 2 rings (SSSR count). The van der Waals surface area contributed by atoms with Gasteiger partial charge in [-0.1, -0.05) is 26.2 Å². The van der Waals surface area contributed by atoms with E-state index in [4.69, 9.17) is 0 Å². The summed E-state index contributed by atoms with van der Waals surface area (Å²) in [6, 6.07) is 4.78. The quantitative estimate of drug-likeness (QED) is 0.773. The van der Waals surface area contributed by atoms with Gasteiger partial charge in [-0.25, -0.2) is 0 Å². The van der Waals surface area contributed by atoms with Crippen LogP contribution in [0.1, 0.15) is 51.1 Å². The lowest BCUT2D eigenvalue weighted by molar-refractivity contribution is 0.116. The summed E-state index contributed by atoms with van der Waals surface area (Å²) in [5, 5.41) is 12.8. The molecule has 21 heavy (non-hydrogen) atoms. The van der Waals surface area contributed by atoms with Crippen molar-refractivity contribution in [3.63, 3.8) is 0 Å². The van der Waals surface area contributed by atoms with Crippen LogP contribution in [0.5, 0.6) is 0 Å². The molecule has 4 nitrogen and oxygen atoms in total. The van der Waals surface area contributed by atoms with Crippen LogP contribution < -0.4 is 5.32 Å². The van der Waals surface area contributed by atoms with Crippen molar-refractivity contribution in [3.8, 4) is 0 Å². The third kappa shape index (κ3) is 5.29. The molecule has 0 radical (unpaired) electrons. The van der Waals surface area contributed by atoms with Gasteiger partial charge < -0.3 is 10.4 Å². The largest absolute Gasteiger partial charge is 0.395 e. The number of aliphatic hydroxyl groups excluding tert-OH is 1. The second-order valence-electron chi connectivity index (χ2n) is 5.95. The highest BCUT2D eigenvalue weighted by molar-refractivity contribution is 5.43. The number of pyridine rings is 1. The Kier molecular flexibility index (Phi) is 6.96. The van der Waals surface area contributed by atoms with Crippen LogP contribution in [0.25, 0.3) is 0 Å². The van der Waals surface area contributed by atoms with E-state index in [1.54, 1.807) is 0 Å². The van der Waals surface area contributed by atoms with Gasteiger partial charge in [-0.2, -0.15) is 0 Å². The molecule has 0 bridgehead atoms. The van der Waals surface area contributed by atoms with Gasteiger partial charge in [0.05, 0.1) is 12.3 Å². The maximum atomic E-state index is 9.34. The first-order valence-corrected chi connectivity index (χ1v) is 8.37. The van der Waals surface area contributed by atoms with Crippen LogP contribution in [-0.4, -0.2) is 40.7 Å². The van der Waals surface area contributed by atoms with Crippen molar-refractivity contribution in [2.24, 2.45) is 0 Å². The van der Waals surface area contributed by atoms with Crippen LogP contribution in [0.3, 0.4) is 0 Å². The minimum absolute atomic E-state index is 0.226. The summed E-state index contributed by atoms with van der Waals surface area (Å²) in [6.45, 7) is 4.98. The van der Waals surface area contributed by atoms with Gasteiger partial charge in [-0.15, -0.1) is 0 Å². The van der Waals surface area contributed by atoms with Crippen molar-refractivity contribution >= 4 is 5.69 Å². The lowest BCUT2D eigenvalue weighted by Crippen LogP contribution is -2.38. The van der Waals surface area contributed by atoms with E-state index in [0.717, 1.165) is 37.4 Å². The summed E-state index contributed by atoms with van der Waals surface area (Å²) < 4.78 is 0. The molecule has 0 aliphatic heterocycles. The zero-order valence-corrected chi connectivity index (χ0v) is 13.2. The molecule has 1 aromatic rings. The Hall–Kier alpha value is -1.13. The number of rotatable bonds is 8. The van der Waals surface area contributed by atoms with Crippen molar-refractivity contribution in [2.45, 2.75) is 58.0 Å². The molecule has 1 saturated carbocycles. The van der Waals surface area contributed by atoms with Gasteiger partial charge in [-0.3, -0.25) is 9.88 Å². The van der Waals surface area contributed by atoms with Gasteiger partial charge in [0.25, 0.3) is 0 Å². The molecule has 0 unspecified atom stereocenters. The highest BCUT2D eigenvalue weighted by Crippen LogP contribution is 2.24.